The van der Waals surface area contributed by atoms with E-state index in [-0.39, 0.29) is 34.4 Å². The van der Waals surface area contributed by atoms with Gasteiger partial charge in [0.25, 0.3) is 5.91 Å². The van der Waals surface area contributed by atoms with Gasteiger partial charge in [0.15, 0.2) is 5.69 Å². The summed E-state index contributed by atoms with van der Waals surface area (Å²) < 4.78 is 13.1. The van der Waals surface area contributed by atoms with E-state index in [1.165, 1.54) is 17.9 Å². The Morgan fingerprint density at radius 2 is 1.91 bits per heavy atom. The summed E-state index contributed by atoms with van der Waals surface area (Å²) >= 11 is 7.12. The molecule has 0 saturated carbocycles. The van der Waals surface area contributed by atoms with E-state index in [1.54, 1.807) is 31.6 Å². The second kappa shape index (κ2) is 9.53. The quantitative estimate of drug-likeness (QED) is 0.515. The van der Waals surface area contributed by atoms with Gasteiger partial charge in [-0.3, -0.25) is 9.48 Å². The Morgan fingerprint density at radius 1 is 1.19 bits per heavy atom. The smallest absolute Gasteiger partial charge is 0.348 e. The molecule has 3 heterocycles. The normalized spacial score (nSPS) is 10.8. The second-order valence-electron chi connectivity index (χ2n) is 6.79. The highest BCUT2D eigenvalue weighted by Crippen LogP contribution is 2.34. The Bertz CT molecular complexity index is 1200. The summed E-state index contributed by atoms with van der Waals surface area (Å²) in [4.78, 5) is 37.5. The zero-order valence-electron chi connectivity index (χ0n) is 18.2. The lowest BCUT2D eigenvalue weighted by molar-refractivity contribution is 0.0531. The fraction of sp³-hybridized carbons (Fsp3) is 0.350. The maximum Gasteiger partial charge on any atom is 0.348 e. The fourth-order valence-corrected chi connectivity index (χ4v) is 4.24. The van der Waals surface area contributed by atoms with Gasteiger partial charge in [0, 0.05) is 6.20 Å². The van der Waals surface area contributed by atoms with Crippen LogP contribution in [0, 0.1) is 20.8 Å². The number of thiophene rings is 1. The molecule has 0 aliphatic carbocycles. The Hall–Kier alpha value is -3.18. The average molecular weight is 480 g/mol. The first-order chi connectivity index (χ1) is 15.2. The number of hydrogen-bond donors (Lipinski definition) is 1. The number of methoxy groups -OCH3 is 1. The van der Waals surface area contributed by atoms with Crippen molar-refractivity contribution in [2.24, 2.45) is 0 Å². The number of ether oxygens (including phenoxy) is 2. The zero-order chi connectivity index (χ0) is 23.6. The van der Waals surface area contributed by atoms with Crippen molar-refractivity contribution < 1.29 is 23.9 Å². The second-order valence-corrected chi connectivity index (χ2v) is 8.19. The minimum atomic E-state index is -0.670. The number of carbonyl (C=O) groups is 3. The third-order valence-corrected chi connectivity index (χ3v) is 6.40. The molecule has 0 aliphatic heterocycles. The minimum Gasteiger partial charge on any atom is -0.465 e. The summed E-state index contributed by atoms with van der Waals surface area (Å²) in [5, 5.41) is 12.0. The fourth-order valence-electron chi connectivity index (χ4n) is 3.02. The molecule has 0 unspecified atom stereocenters. The van der Waals surface area contributed by atoms with Gasteiger partial charge >= 0.3 is 11.9 Å². The van der Waals surface area contributed by atoms with E-state index < -0.39 is 17.8 Å². The summed E-state index contributed by atoms with van der Waals surface area (Å²) in [6.07, 6.45) is 1.63. The van der Waals surface area contributed by atoms with Gasteiger partial charge in [0.2, 0.25) is 0 Å². The molecule has 3 rings (SSSR count). The van der Waals surface area contributed by atoms with Gasteiger partial charge in [0.05, 0.1) is 35.7 Å². The highest BCUT2D eigenvalue weighted by Gasteiger charge is 2.27. The van der Waals surface area contributed by atoms with Crippen LogP contribution in [-0.2, 0) is 16.1 Å². The summed E-state index contributed by atoms with van der Waals surface area (Å²) in [5.41, 5.74) is 2.09. The summed E-state index contributed by atoms with van der Waals surface area (Å²) in [6, 6.07) is 1.53. The van der Waals surface area contributed by atoms with Crippen molar-refractivity contribution in [1.29, 1.82) is 0 Å². The minimum absolute atomic E-state index is 0.102. The highest BCUT2D eigenvalue weighted by atomic mass is 35.5. The number of amides is 1. The lowest BCUT2D eigenvalue weighted by Crippen LogP contribution is -2.16. The molecule has 170 valence electrons. The van der Waals surface area contributed by atoms with Crippen molar-refractivity contribution in [3.05, 3.63) is 50.4 Å². The van der Waals surface area contributed by atoms with Crippen LogP contribution in [-0.4, -0.2) is 51.1 Å². The van der Waals surface area contributed by atoms with Crippen molar-refractivity contribution in [3.8, 4) is 0 Å². The average Bonchev–Trinajstić information content (AvgIpc) is 3.42. The van der Waals surface area contributed by atoms with E-state index in [4.69, 9.17) is 21.1 Å². The van der Waals surface area contributed by atoms with E-state index in [0.29, 0.717) is 16.3 Å². The first-order valence-electron chi connectivity index (χ1n) is 9.61. The lowest BCUT2D eigenvalue weighted by Gasteiger charge is -2.06. The standard InChI is InChI=1S/C20H22ClN5O5S/c1-6-31-20(29)16-10(2)14(19(28)30-5)18(32-16)22-17(27)13-7-8-25(24-13)9-26-12(4)15(21)11(3)23-26/h7-8H,6,9H2,1-5H3,(H,22,27). The predicted molar refractivity (Wildman–Crippen MR) is 119 cm³/mol. The molecule has 0 saturated heterocycles. The van der Waals surface area contributed by atoms with Crippen LogP contribution in [0.25, 0.3) is 0 Å². The van der Waals surface area contributed by atoms with E-state index >= 15 is 0 Å². The molecule has 0 aromatic carbocycles. The number of anilines is 1. The van der Waals surface area contributed by atoms with Crippen LogP contribution < -0.4 is 5.32 Å². The summed E-state index contributed by atoms with van der Waals surface area (Å²) in [6.45, 7) is 7.38. The molecule has 3 aromatic rings. The number of aryl methyl sites for hydroxylation is 1. The molecule has 0 spiro atoms. The van der Waals surface area contributed by atoms with Crippen LogP contribution in [0.3, 0.4) is 0 Å². The highest BCUT2D eigenvalue weighted by molar-refractivity contribution is 7.18. The maximum absolute atomic E-state index is 12.8. The summed E-state index contributed by atoms with van der Waals surface area (Å²) in [7, 11) is 1.22. The molecule has 0 atom stereocenters. The Balaban J connectivity index is 1.84. The number of hydrogen-bond acceptors (Lipinski definition) is 8. The molecule has 0 aliphatic rings. The van der Waals surface area contributed by atoms with Gasteiger partial charge < -0.3 is 14.8 Å². The molecule has 1 amide bonds. The molecule has 0 radical (unpaired) electrons. The summed E-state index contributed by atoms with van der Waals surface area (Å²) in [5.74, 6) is -1.79. The number of esters is 2. The first kappa shape index (κ1) is 23.5. The predicted octanol–water partition coefficient (Wildman–Crippen LogP) is 3.44. The lowest BCUT2D eigenvalue weighted by atomic mass is 10.1. The van der Waals surface area contributed by atoms with Gasteiger partial charge in [-0.05, 0) is 39.3 Å². The molecule has 0 bridgehead atoms. The van der Waals surface area contributed by atoms with Crippen LogP contribution in [0.2, 0.25) is 5.02 Å². The van der Waals surface area contributed by atoms with Gasteiger partial charge in [-0.25, -0.2) is 14.3 Å². The molecule has 1 N–H and O–H groups in total. The van der Waals surface area contributed by atoms with Crippen LogP contribution in [0.15, 0.2) is 12.3 Å². The largest absolute Gasteiger partial charge is 0.465 e. The Morgan fingerprint density at radius 3 is 2.50 bits per heavy atom. The van der Waals surface area contributed by atoms with Crippen molar-refractivity contribution in [2.75, 3.05) is 19.0 Å². The van der Waals surface area contributed by atoms with Gasteiger partial charge in [-0.2, -0.15) is 10.2 Å². The number of rotatable bonds is 7. The molecular formula is C20H22ClN5O5S. The topological polar surface area (TPSA) is 117 Å². The molecule has 32 heavy (non-hydrogen) atoms. The number of nitrogens with zero attached hydrogens (tertiary/aromatic N) is 4. The molecule has 3 aromatic heterocycles. The molecular weight excluding hydrogens is 458 g/mol. The monoisotopic (exact) mass is 479 g/mol. The van der Waals surface area contributed by atoms with Gasteiger partial charge in [-0.1, -0.05) is 11.6 Å². The van der Waals surface area contributed by atoms with Crippen LogP contribution in [0.5, 0.6) is 0 Å². The maximum atomic E-state index is 12.8. The van der Waals surface area contributed by atoms with Crippen molar-refractivity contribution in [2.45, 2.75) is 34.4 Å². The van der Waals surface area contributed by atoms with Crippen molar-refractivity contribution in [1.82, 2.24) is 19.6 Å². The number of aromatic nitrogens is 4. The van der Waals surface area contributed by atoms with E-state index in [2.05, 4.69) is 15.5 Å². The van der Waals surface area contributed by atoms with Crippen LogP contribution in [0.1, 0.15) is 54.4 Å². The van der Waals surface area contributed by atoms with Crippen molar-refractivity contribution >= 4 is 45.8 Å². The number of carbonyl (C=O) groups excluding carboxylic acids is 3. The van der Waals surface area contributed by atoms with Crippen LogP contribution in [0.4, 0.5) is 5.00 Å². The Labute approximate surface area is 193 Å². The van der Waals surface area contributed by atoms with Gasteiger partial charge in [0.1, 0.15) is 16.5 Å². The third kappa shape index (κ3) is 4.53. The molecule has 0 fully saturated rings. The Kier molecular flexibility index (Phi) is 6.99. The SMILES string of the molecule is CCOC(=O)c1sc(NC(=O)c2ccn(Cn3nc(C)c(Cl)c3C)n2)c(C(=O)OC)c1C. The third-order valence-electron chi connectivity index (χ3n) is 4.67. The van der Waals surface area contributed by atoms with Crippen molar-refractivity contribution in [3.63, 3.8) is 0 Å². The zero-order valence-corrected chi connectivity index (χ0v) is 19.8. The first-order valence-corrected chi connectivity index (χ1v) is 10.8. The van der Waals surface area contributed by atoms with Crippen LogP contribution >= 0.6 is 22.9 Å². The van der Waals surface area contributed by atoms with E-state index in [0.717, 1.165) is 17.0 Å². The van der Waals surface area contributed by atoms with E-state index in [1.807, 2.05) is 6.92 Å². The van der Waals surface area contributed by atoms with Gasteiger partial charge in [-0.15, -0.1) is 11.3 Å². The number of nitrogens with one attached hydrogen (secondary N) is 1. The van der Waals surface area contributed by atoms with E-state index in [9.17, 15) is 14.4 Å². The molecule has 10 nitrogen and oxygen atoms in total. The molecule has 12 heteroatoms. The number of halogens is 1.